The van der Waals surface area contributed by atoms with E-state index in [1.165, 1.54) is 31.4 Å². The minimum absolute atomic E-state index is 0.00507. The topological polar surface area (TPSA) is 102 Å². The fourth-order valence-corrected chi connectivity index (χ4v) is 5.60. The van der Waals surface area contributed by atoms with Gasteiger partial charge >= 0.3 is 6.09 Å². The SMILES string of the molecule is COc1ccc(-c2c(C#N)cc(N3CCC4(CC3)CN(C(=O)OC(C)(C)C)C4)nc2-c2ccc(C#N)c(F)c2)cc1F. The summed E-state index contributed by atoms with van der Waals surface area (Å²) in [5, 5.41) is 19.4. The van der Waals surface area contributed by atoms with Crippen LogP contribution in [0.2, 0.25) is 0 Å². The molecule has 8 nitrogen and oxygen atoms in total. The molecule has 0 radical (unpaired) electrons. The lowest BCUT2D eigenvalue weighted by Crippen LogP contribution is -2.62. The summed E-state index contributed by atoms with van der Waals surface area (Å²) in [6.45, 7) is 8.10. The molecule has 1 amide bonds. The number of likely N-dealkylation sites (tertiary alicyclic amines) is 1. The summed E-state index contributed by atoms with van der Waals surface area (Å²) in [6, 6.07) is 14.2. The number of aromatic nitrogens is 1. The molecule has 1 spiro atoms. The molecule has 2 aliphatic rings. The van der Waals surface area contributed by atoms with Crippen LogP contribution in [0, 0.1) is 39.7 Å². The second kappa shape index (κ2) is 10.9. The summed E-state index contributed by atoms with van der Waals surface area (Å²) in [5.41, 5.74) is 0.996. The van der Waals surface area contributed by atoms with Crippen LogP contribution in [0.3, 0.4) is 0 Å². The van der Waals surface area contributed by atoms with Gasteiger partial charge in [-0.25, -0.2) is 18.6 Å². The van der Waals surface area contributed by atoms with Crippen molar-refractivity contribution in [3.05, 3.63) is 65.2 Å². The number of anilines is 1. The maximum Gasteiger partial charge on any atom is 0.410 e. The number of pyridine rings is 1. The molecule has 0 unspecified atom stereocenters. The van der Waals surface area contributed by atoms with Crippen LogP contribution < -0.4 is 9.64 Å². The number of halogens is 2. The maximum atomic E-state index is 14.7. The lowest BCUT2D eigenvalue weighted by atomic mass is 9.72. The third kappa shape index (κ3) is 5.58. The van der Waals surface area contributed by atoms with Crippen LogP contribution in [0.5, 0.6) is 5.75 Å². The first kappa shape index (κ1) is 28.8. The summed E-state index contributed by atoms with van der Waals surface area (Å²) in [7, 11) is 1.36. The van der Waals surface area contributed by atoms with Gasteiger partial charge in [-0.15, -0.1) is 0 Å². The maximum absolute atomic E-state index is 14.7. The van der Waals surface area contributed by atoms with Crippen molar-refractivity contribution in [2.24, 2.45) is 5.41 Å². The summed E-state index contributed by atoms with van der Waals surface area (Å²) < 4.78 is 40.0. The third-order valence-corrected chi connectivity index (χ3v) is 7.78. The Labute approximate surface area is 243 Å². The Morgan fingerprint density at radius 3 is 2.17 bits per heavy atom. The zero-order chi connectivity index (χ0) is 30.2. The average Bonchev–Trinajstić information content (AvgIpc) is 2.94. The second-order valence-corrected chi connectivity index (χ2v) is 11.8. The fourth-order valence-electron chi connectivity index (χ4n) is 5.60. The van der Waals surface area contributed by atoms with Crippen LogP contribution >= 0.6 is 0 Å². The number of ether oxygens (including phenoxy) is 2. The number of hydrogen-bond acceptors (Lipinski definition) is 7. The molecule has 3 aromatic rings. The number of nitrogens with zero attached hydrogens (tertiary/aromatic N) is 5. The van der Waals surface area contributed by atoms with Crippen LogP contribution in [0.4, 0.5) is 19.4 Å². The second-order valence-electron chi connectivity index (χ2n) is 11.8. The zero-order valence-corrected chi connectivity index (χ0v) is 24.0. The lowest BCUT2D eigenvalue weighted by Gasteiger charge is -2.53. The number of carbonyl (C=O) groups excluding carboxylic acids is 1. The summed E-state index contributed by atoms with van der Waals surface area (Å²) in [5.74, 6) is -0.729. The van der Waals surface area contributed by atoms with Crippen LogP contribution in [-0.4, -0.2) is 54.9 Å². The van der Waals surface area contributed by atoms with Crippen molar-refractivity contribution < 1.29 is 23.0 Å². The van der Waals surface area contributed by atoms with E-state index in [-0.39, 0.29) is 28.4 Å². The summed E-state index contributed by atoms with van der Waals surface area (Å²) in [4.78, 5) is 21.1. The van der Waals surface area contributed by atoms with Crippen molar-refractivity contribution >= 4 is 11.9 Å². The molecule has 42 heavy (non-hydrogen) atoms. The first-order valence-electron chi connectivity index (χ1n) is 13.7. The highest BCUT2D eigenvalue weighted by atomic mass is 19.1. The van der Waals surface area contributed by atoms with Crippen molar-refractivity contribution in [1.82, 2.24) is 9.88 Å². The molecule has 2 aliphatic heterocycles. The molecule has 2 aromatic carbocycles. The molecule has 0 saturated carbocycles. The number of nitriles is 2. The van der Waals surface area contributed by atoms with Crippen LogP contribution in [0.1, 0.15) is 44.7 Å². The number of piperidine rings is 1. The predicted octanol–water partition coefficient (Wildman–Crippen LogP) is 6.28. The summed E-state index contributed by atoms with van der Waals surface area (Å²) >= 11 is 0. The molecule has 0 N–H and O–H groups in total. The molecule has 216 valence electrons. The van der Waals surface area contributed by atoms with Crippen LogP contribution in [0.25, 0.3) is 22.4 Å². The number of methoxy groups -OCH3 is 1. The minimum Gasteiger partial charge on any atom is -0.494 e. The number of carbonyl (C=O) groups is 1. The molecule has 2 fully saturated rings. The monoisotopic (exact) mass is 571 g/mol. The Morgan fingerprint density at radius 2 is 1.60 bits per heavy atom. The first-order valence-corrected chi connectivity index (χ1v) is 13.7. The van der Waals surface area contributed by atoms with Gasteiger partial charge in [0.25, 0.3) is 0 Å². The van der Waals surface area contributed by atoms with Gasteiger partial charge in [0.05, 0.1) is 30.0 Å². The van der Waals surface area contributed by atoms with Gasteiger partial charge in [0.15, 0.2) is 11.6 Å². The number of hydrogen-bond donors (Lipinski definition) is 0. The van der Waals surface area contributed by atoms with Gasteiger partial charge < -0.3 is 19.3 Å². The van der Waals surface area contributed by atoms with Crippen LogP contribution in [0.15, 0.2) is 42.5 Å². The Hall–Kier alpha value is -4.70. The van der Waals surface area contributed by atoms with Gasteiger partial charge in [0, 0.05) is 42.7 Å². The predicted molar refractivity (Wildman–Crippen MR) is 153 cm³/mol. The Kier molecular flexibility index (Phi) is 7.51. The molecular formula is C32H31F2N5O3. The van der Waals surface area contributed by atoms with E-state index in [2.05, 4.69) is 11.0 Å². The molecule has 0 atom stereocenters. The van der Waals surface area contributed by atoms with E-state index in [4.69, 9.17) is 14.5 Å². The molecule has 5 rings (SSSR count). The number of rotatable bonds is 4. The standard InChI is InChI=1S/C32H31F2N5O3/c1-31(2,3)42-30(40)39-18-32(19-39)9-11-38(12-10-32)27-15-23(17-36)28(20-7-8-26(41-4)25(34)13-20)29(37-27)21-5-6-22(16-35)24(33)14-21/h5-8,13-15H,9-12,18-19H2,1-4H3. The zero-order valence-electron chi connectivity index (χ0n) is 24.0. The van der Waals surface area contributed by atoms with Gasteiger partial charge in [-0.3, -0.25) is 0 Å². The number of amides is 1. The van der Waals surface area contributed by atoms with E-state index in [1.54, 1.807) is 23.1 Å². The highest BCUT2D eigenvalue weighted by molar-refractivity contribution is 5.87. The quantitative estimate of drug-likeness (QED) is 0.363. The minimum atomic E-state index is -0.716. The smallest absolute Gasteiger partial charge is 0.410 e. The number of benzene rings is 2. The molecule has 3 heterocycles. The molecule has 2 saturated heterocycles. The van der Waals surface area contributed by atoms with Crippen molar-refractivity contribution in [2.75, 3.05) is 38.2 Å². The van der Waals surface area contributed by atoms with E-state index in [9.17, 15) is 24.1 Å². The average molecular weight is 572 g/mol. The van der Waals surface area contributed by atoms with Crippen molar-refractivity contribution in [1.29, 1.82) is 10.5 Å². The van der Waals surface area contributed by atoms with E-state index >= 15 is 0 Å². The van der Waals surface area contributed by atoms with E-state index in [0.29, 0.717) is 54.4 Å². The lowest BCUT2D eigenvalue weighted by molar-refractivity contribution is -0.0434. The van der Waals surface area contributed by atoms with E-state index in [1.807, 2.05) is 26.8 Å². The first-order chi connectivity index (χ1) is 20.0. The van der Waals surface area contributed by atoms with Crippen molar-refractivity contribution in [2.45, 2.75) is 39.2 Å². The Morgan fingerprint density at radius 1 is 0.952 bits per heavy atom. The van der Waals surface area contributed by atoms with Gasteiger partial charge in [0.2, 0.25) is 0 Å². The largest absolute Gasteiger partial charge is 0.494 e. The van der Waals surface area contributed by atoms with Crippen molar-refractivity contribution in [3.8, 4) is 40.3 Å². The van der Waals surface area contributed by atoms with E-state index < -0.39 is 17.2 Å². The van der Waals surface area contributed by atoms with Gasteiger partial charge in [-0.2, -0.15) is 10.5 Å². The van der Waals surface area contributed by atoms with Crippen molar-refractivity contribution in [3.63, 3.8) is 0 Å². The Bertz CT molecular complexity index is 1620. The van der Waals surface area contributed by atoms with E-state index in [0.717, 1.165) is 12.8 Å². The van der Waals surface area contributed by atoms with Crippen LogP contribution in [-0.2, 0) is 4.74 Å². The highest BCUT2D eigenvalue weighted by Crippen LogP contribution is 2.43. The molecule has 10 heteroatoms. The molecular weight excluding hydrogens is 540 g/mol. The summed E-state index contributed by atoms with van der Waals surface area (Å²) in [6.07, 6.45) is 1.34. The van der Waals surface area contributed by atoms with Gasteiger partial charge in [0.1, 0.15) is 23.3 Å². The molecule has 0 bridgehead atoms. The molecule has 1 aromatic heterocycles. The molecule has 0 aliphatic carbocycles. The van der Waals surface area contributed by atoms with Gasteiger partial charge in [-0.1, -0.05) is 12.1 Å². The normalized spacial score (nSPS) is 15.9. The van der Waals surface area contributed by atoms with Gasteiger partial charge in [-0.05, 0) is 69.5 Å². The fraction of sp³-hybridized carbons (Fsp3) is 0.375. The third-order valence-electron chi connectivity index (χ3n) is 7.78. The highest BCUT2D eigenvalue weighted by Gasteiger charge is 2.48. The Balaban J connectivity index is 1.47.